The van der Waals surface area contributed by atoms with Crippen molar-refractivity contribution < 1.29 is 34.4 Å². The molecule has 3 rings (SSSR count). The van der Waals surface area contributed by atoms with E-state index in [2.05, 4.69) is 0 Å². The number of carbonyl (C=O) groups is 2. The molecule has 0 amide bonds. The molecule has 0 saturated heterocycles. The molecule has 0 aliphatic carbocycles. The number of phenols is 3. The molecule has 0 radical (unpaired) electrons. The molecule has 1 unspecified atom stereocenters. The highest BCUT2D eigenvalue weighted by Gasteiger charge is 2.39. The Hall–Kier alpha value is -3.22. The van der Waals surface area contributed by atoms with Crippen LogP contribution in [0.3, 0.4) is 0 Å². The summed E-state index contributed by atoms with van der Waals surface area (Å²) in [5.74, 6) is -2.71. The van der Waals surface area contributed by atoms with Gasteiger partial charge in [0, 0.05) is 17.7 Å². The molecule has 7 heteroatoms. The Balaban J connectivity index is 2.09. The molecule has 1 aliphatic rings. The van der Waals surface area contributed by atoms with Crippen LogP contribution in [0.2, 0.25) is 0 Å². The van der Waals surface area contributed by atoms with Gasteiger partial charge in [0.25, 0.3) is 0 Å². The van der Waals surface area contributed by atoms with Gasteiger partial charge in [-0.05, 0) is 12.1 Å². The van der Waals surface area contributed by atoms with Gasteiger partial charge in [-0.15, -0.1) is 0 Å². The van der Waals surface area contributed by atoms with E-state index < -0.39 is 23.4 Å². The van der Waals surface area contributed by atoms with Gasteiger partial charge in [-0.25, -0.2) is 0 Å². The number of benzene rings is 2. The molecule has 1 atom stereocenters. The lowest BCUT2D eigenvalue weighted by atomic mass is 9.94. The largest absolute Gasteiger partial charge is 0.508 e. The van der Waals surface area contributed by atoms with Crippen molar-refractivity contribution in [2.45, 2.75) is 6.10 Å². The maximum absolute atomic E-state index is 12.3. The second-order valence-electron chi connectivity index (χ2n) is 4.96. The minimum absolute atomic E-state index is 0.0934. The van der Waals surface area contributed by atoms with Crippen LogP contribution in [0.25, 0.3) is 0 Å². The molecule has 0 bridgehead atoms. The fraction of sp³-hybridized carbons (Fsp3) is 0.125. The SMILES string of the molecule is COc1cc(C2Oc3cc(O)cc(O)c3C(=O)C2=O)ccc1O. The van der Waals surface area contributed by atoms with E-state index >= 15 is 0 Å². The number of carbonyl (C=O) groups excluding carboxylic acids is 2. The van der Waals surface area contributed by atoms with Crippen LogP contribution < -0.4 is 9.47 Å². The van der Waals surface area contributed by atoms with Gasteiger partial charge in [0.15, 0.2) is 17.6 Å². The molecular formula is C16H12O7. The van der Waals surface area contributed by atoms with E-state index in [9.17, 15) is 24.9 Å². The first-order valence-corrected chi connectivity index (χ1v) is 6.60. The Bertz CT molecular complexity index is 825. The lowest BCUT2D eigenvalue weighted by Crippen LogP contribution is -2.31. The summed E-state index contributed by atoms with van der Waals surface area (Å²) in [6.07, 6.45) is -1.26. The van der Waals surface area contributed by atoms with Crippen molar-refractivity contribution in [3.63, 3.8) is 0 Å². The molecule has 0 fully saturated rings. The second kappa shape index (κ2) is 5.20. The third-order valence-corrected chi connectivity index (χ3v) is 3.51. The minimum Gasteiger partial charge on any atom is -0.508 e. The number of hydrogen-bond donors (Lipinski definition) is 3. The van der Waals surface area contributed by atoms with Crippen molar-refractivity contribution in [1.82, 2.24) is 0 Å². The van der Waals surface area contributed by atoms with Crippen molar-refractivity contribution in [2.24, 2.45) is 0 Å². The molecule has 2 aromatic carbocycles. The molecule has 7 nitrogen and oxygen atoms in total. The molecule has 0 saturated carbocycles. The smallest absolute Gasteiger partial charge is 0.248 e. The maximum atomic E-state index is 12.3. The predicted molar refractivity (Wildman–Crippen MR) is 77.1 cm³/mol. The minimum atomic E-state index is -1.26. The molecule has 23 heavy (non-hydrogen) atoms. The van der Waals surface area contributed by atoms with Crippen LogP contribution in [0.1, 0.15) is 22.0 Å². The monoisotopic (exact) mass is 316 g/mol. The normalized spacial score (nSPS) is 16.7. The van der Waals surface area contributed by atoms with E-state index in [0.717, 1.165) is 12.1 Å². The number of methoxy groups -OCH3 is 1. The number of ketones is 2. The number of hydrogen-bond acceptors (Lipinski definition) is 7. The van der Waals surface area contributed by atoms with Crippen LogP contribution in [0.5, 0.6) is 28.7 Å². The maximum Gasteiger partial charge on any atom is 0.248 e. The number of phenolic OH excluding ortho intramolecular Hbond substituents is 3. The van der Waals surface area contributed by atoms with E-state index in [0.29, 0.717) is 5.56 Å². The summed E-state index contributed by atoms with van der Waals surface area (Å²) in [4.78, 5) is 24.5. The van der Waals surface area contributed by atoms with Crippen LogP contribution in [-0.2, 0) is 4.79 Å². The molecule has 1 heterocycles. The molecule has 1 aliphatic heterocycles. The fourth-order valence-corrected chi connectivity index (χ4v) is 2.41. The van der Waals surface area contributed by atoms with E-state index in [1.165, 1.54) is 25.3 Å². The van der Waals surface area contributed by atoms with Crippen molar-refractivity contribution >= 4 is 11.6 Å². The van der Waals surface area contributed by atoms with Crippen LogP contribution in [0.4, 0.5) is 0 Å². The first kappa shape index (κ1) is 14.7. The van der Waals surface area contributed by atoms with Gasteiger partial charge in [0.05, 0.1) is 7.11 Å². The first-order chi connectivity index (χ1) is 10.9. The number of Topliss-reactive ketones (excluding diaryl/α,β-unsaturated/α-hetero) is 2. The molecule has 0 aromatic heterocycles. The molecule has 2 aromatic rings. The predicted octanol–water partition coefficient (Wildman–Crippen LogP) is 1.70. The van der Waals surface area contributed by atoms with E-state index in [4.69, 9.17) is 9.47 Å². The van der Waals surface area contributed by atoms with Crippen molar-refractivity contribution in [3.8, 4) is 28.7 Å². The Kier molecular flexibility index (Phi) is 3.33. The zero-order valence-electron chi connectivity index (χ0n) is 11.9. The van der Waals surface area contributed by atoms with Gasteiger partial charge < -0.3 is 24.8 Å². The summed E-state index contributed by atoms with van der Waals surface area (Å²) in [5.41, 5.74) is 0.0151. The molecular weight excluding hydrogens is 304 g/mol. The lowest BCUT2D eigenvalue weighted by molar-refractivity contribution is -0.122. The van der Waals surface area contributed by atoms with E-state index in [1.807, 2.05) is 0 Å². The summed E-state index contributed by atoms with van der Waals surface area (Å²) >= 11 is 0. The van der Waals surface area contributed by atoms with Crippen LogP contribution in [0.15, 0.2) is 30.3 Å². The Morgan fingerprint density at radius 2 is 1.78 bits per heavy atom. The van der Waals surface area contributed by atoms with E-state index in [1.54, 1.807) is 0 Å². The zero-order valence-corrected chi connectivity index (χ0v) is 11.9. The van der Waals surface area contributed by atoms with Crippen molar-refractivity contribution in [3.05, 3.63) is 41.5 Å². The van der Waals surface area contributed by atoms with Gasteiger partial charge in [-0.1, -0.05) is 6.07 Å². The topological polar surface area (TPSA) is 113 Å². The average Bonchev–Trinajstić information content (AvgIpc) is 2.50. The quantitative estimate of drug-likeness (QED) is 0.723. The average molecular weight is 316 g/mol. The highest BCUT2D eigenvalue weighted by Crippen LogP contribution is 2.41. The number of rotatable bonds is 2. The summed E-state index contributed by atoms with van der Waals surface area (Å²) < 4.78 is 10.4. The summed E-state index contributed by atoms with van der Waals surface area (Å²) in [6, 6.07) is 6.20. The summed E-state index contributed by atoms with van der Waals surface area (Å²) in [6.45, 7) is 0. The fourth-order valence-electron chi connectivity index (χ4n) is 2.41. The summed E-state index contributed by atoms with van der Waals surface area (Å²) in [5, 5.41) is 28.8. The third kappa shape index (κ3) is 2.32. The van der Waals surface area contributed by atoms with Gasteiger partial charge in [0.2, 0.25) is 11.6 Å². The zero-order chi connectivity index (χ0) is 16.7. The number of fused-ring (bicyclic) bond motifs is 1. The van der Waals surface area contributed by atoms with Crippen LogP contribution in [0, 0.1) is 0 Å². The van der Waals surface area contributed by atoms with Gasteiger partial charge in [-0.2, -0.15) is 0 Å². The highest BCUT2D eigenvalue weighted by atomic mass is 16.5. The molecule has 118 valence electrons. The Morgan fingerprint density at radius 3 is 2.48 bits per heavy atom. The van der Waals surface area contributed by atoms with E-state index in [-0.39, 0.29) is 28.6 Å². The number of ether oxygens (including phenoxy) is 2. The first-order valence-electron chi connectivity index (χ1n) is 6.60. The second-order valence-corrected chi connectivity index (χ2v) is 4.96. The molecule has 0 spiro atoms. The lowest BCUT2D eigenvalue weighted by Gasteiger charge is -2.25. The van der Waals surface area contributed by atoms with Gasteiger partial charge in [-0.3, -0.25) is 9.59 Å². The van der Waals surface area contributed by atoms with Crippen molar-refractivity contribution in [1.29, 1.82) is 0 Å². The highest BCUT2D eigenvalue weighted by molar-refractivity contribution is 6.47. The van der Waals surface area contributed by atoms with Crippen molar-refractivity contribution in [2.75, 3.05) is 7.11 Å². The summed E-state index contributed by atoms with van der Waals surface area (Å²) in [7, 11) is 1.35. The Morgan fingerprint density at radius 1 is 1.04 bits per heavy atom. The number of aromatic hydroxyl groups is 3. The standard InChI is InChI=1S/C16H12O7/c1-22-11-4-7(2-3-9(11)18)16-15(21)14(20)13-10(19)5-8(17)6-12(13)23-16/h2-6,16-19H,1H3. The van der Waals surface area contributed by atoms with Crippen LogP contribution in [-0.4, -0.2) is 34.0 Å². The third-order valence-electron chi connectivity index (χ3n) is 3.51. The van der Waals surface area contributed by atoms with Crippen LogP contribution >= 0.6 is 0 Å². The van der Waals surface area contributed by atoms with Gasteiger partial charge in [0.1, 0.15) is 22.8 Å². The Labute approximate surface area is 130 Å². The molecule has 3 N–H and O–H groups in total. The van der Waals surface area contributed by atoms with Gasteiger partial charge >= 0.3 is 0 Å².